The van der Waals surface area contributed by atoms with Crippen LogP contribution in [0.2, 0.25) is 0 Å². The largest absolute Gasteiger partial charge is 0.441 e. The molecule has 0 bridgehead atoms. The molecule has 1 saturated heterocycles. The smallest absolute Gasteiger partial charge is 0.228 e. The van der Waals surface area contributed by atoms with Crippen LogP contribution in [0.3, 0.4) is 0 Å². The zero-order chi connectivity index (χ0) is 18.8. The zero-order valence-electron chi connectivity index (χ0n) is 15.2. The van der Waals surface area contributed by atoms with Gasteiger partial charge in [-0.1, -0.05) is 18.2 Å². The Morgan fingerprint density at radius 1 is 1.30 bits per heavy atom. The molecule has 0 N–H and O–H groups in total. The van der Waals surface area contributed by atoms with E-state index in [0.717, 1.165) is 5.56 Å². The van der Waals surface area contributed by atoms with Crippen LogP contribution in [0, 0.1) is 6.92 Å². The Morgan fingerprint density at radius 2 is 2.11 bits per heavy atom. The molecule has 3 heterocycles. The van der Waals surface area contributed by atoms with Crippen molar-refractivity contribution in [3.63, 3.8) is 0 Å². The highest BCUT2D eigenvalue weighted by atomic mass is 16.5. The molecule has 9 nitrogen and oxygen atoms in total. The minimum absolute atomic E-state index is 0.0190. The first kappa shape index (κ1) is 17.3. The molecule has 1 unspecified atom stereocenters. The van der Waals surface area contributed by atoms with E-state index < -0.39 is 0 Å². The number of amides is 1. The molecule has 1 aliphatic rings. The quantitative estimate of drug-likeness (QED) is 0.685. The van der Waals surface area contributed by atoms with Crippen molar-refractivity contribution in [1.82, 2.24) is 30.1 Å². The van der Waals surface area contributed by atoms with Gasteiger partial charge in [0.15, 0.2) is 5.82 Å². The highest BCUT2D eigenvalue weighted by Crippen LogP contribution is 2.23. The first-order valence-electron chi connectivity index (χ1n) is 8.75. The van der Waals surface area contributed by atoms with Crippen LogP contribution in [-0.2, 0) is 23.0 Å². The van der Waals surface area contributed by atoms with Crippen LogP contribution in [-0.4, -0.2) is 55.7 Å². The summed E-state index contributed by atoms with van der Waals surface area (Å²) in [6.07, 6.45) is -0.146. The molecule has 1 aliphatic heterocycles. The molecular weight excluding hydrogens is 348 g/mol. The van der Waals surface area contributed by atoms with Crippen LogP contribution < -0.4 is 0 Å². The molecule has 1 fully saturated rings. The first-order chi connectivity index (χ1) is 13.1. The number of carbonyl (C=O) groups excluding carboxylic acids is 1. The van der Waals surface area contributed by atoms with Crippen LogP contribution in [0.15, 0.2) is 34.7 Å². The number of benzene rings is 1. The molecule has 0 saturated carbocycles. The molecule has 0 aliphatic carbocycles. The molecule has 3 aromatic rings. The van der Waals surface area contributed by atoms with Gasteiger partial charge in [-0.3, -0.25) is 4.79 Å². The van der Waals surface area contributed by atoms with Crippen molar-refractivity contribution >= 4 is 5.91 Å². The number of aromatic nitrogens is 5. The highest BCUT2D eigenvalue weighted by molar-refractivity contribution is 5.79. The molecule has 0 radical (unpaired) electrons. The van der Waals surface area contributed by atoms with E-state index in [1.807, 2.05) is 37.3 Å². The van der Waals surface area contributed by atoms with Crippen molar-refractivity contribution in [2.24, 2.45) is 7.05 Å². The highest BCUT2D eigenvalue weighted by Gasteiger charge is 2.29. The SMILES string of the molecule is Cc1oc(-c2ccccc2)nc1CC(=O)N1CCOC(c2nnnn2C)C1. The van der Waals surface area contributed by atoms with Gasteiger partial charge in [0, 0.05) is 19.2 Å². The summed E-state index contributed by atoms with van der Waals surface area (Å²) in [4.78, 5) is 19.1. The molecule has 1 aromatic carbocycles. The number of ether oxygens (including phenoxy) is 1. The predicted molar refractivity (Wildman–Crippen MR) is 94.5 cm³/mol. The number of oxazole rings is 1. The molecule has 27 heavy (non-hydrogen) atoms. The summed E-state index contributed by atoms with van der Waals surface area (Å²) in [6.45, 7) is 3.21. The molecule has 2 aromatic heterocycles. The van der Waals surface area contributed by atoms with Crippen molar-refractivity contribution < 1.29 is 13.9 Å². The lowest BCUT2D eigenvalue weighted by atomic mass is 10.2. The number of rotatable bonds is 4. The maximum atomic E-state index is 12.8. The van der Waals surface area contributed by atoms with Gasteiger partial charge in [-0.05, 0) is 29.5 Å². The van der Waals surface area contributed by atoms with Crippen molar-refractivity contribution in [2.75, 3.05) is 19.7 Å². The maximum Gasteiger partial charge on any atom is 0.228 e. The average molecular weight is 368 g/mol. The monoisotopic (exact) mass is 368 g/mol. The molecule has 140 valence electrons. The molecule has 1 atom stereocenters. The maximum absolute atomic E-state index is 12.8. The van der Waals surface area contributed by atoms with Gasteiger partial charge >= 0.3 is 0 Å². The van der Waals surface area contributed by atoms with Gasteiger partial charge in [-0.2, -0.15) is 0 Å². The Balaban J connectivity index is 1.46. The average Bonchev–Trinajstić information content (AvgIpc) is 3.28. The number of morpholine rings is 1. The van der Waals surface area contributed by atoms with Crippen LogP contribution in [0.5, 0.6) is 0 Å². The number of aryl methyl sites for hydroxylation is 2. The Bertz CT molecular complexity index is 936. The fourth-order valence-electron chi connectivity index (χ4n) is 3.09. The van der Waals surface area contributed by atoms with E-state index in [4.69, 9.17) is 9.15 Å². The second-order valence-electron chi connectivity index (χ2n) is 6.42. The summed E-state index contributed by atoms with van der Waals surface area (Å²) >= 11 is 0. The fraction of sp³-hybridized carbons (Fsp3) is 0.389. The molecule has 1 amide bonds. The van der Waals surface area contributed by atoms with Gasteiger partial charge in [0.2, 0.25) is 11.8 Å². The van der Waals surface area contributed by atoms with Gasteiger partial charge in [-0.25, -0.2) is 9.67 Å². The van der Waals surface area contributed by atoms with Crippen molar-refractivity contribution in [3.05, 3.63) is 47.6 Å². The normalized spacial score (nSPS) is 17.3. The molecule has 9 heteroatoms. The predicted octanol–water partition coefficient (Wildman–Crippen LogP) is 1.32. The van der Waals surface area contributed by atoms with Crippen molar-refractivity contribution in [1.29, 1.82) is 0 Å². The third kappa shape index (κ3) is 3.59. The first-order valence-corrected chi connectivity index (χ1v) is 8.75. The van der Waals surface area contributed by atoms with Crippen LogP contribution in [0.1, 0.15) is 23.4 Å². The lowest BCUT2D eigenvalue weighted by molar-refractivity contribution is -0.138. The van der Waals surface area contributed by atoms with Crippen LogP contribution in [0.25, 0.3) is 11.5 Å². The van der Waals surface area contributed by atoms with E-state index >= 15 is 0 Å². The summed E-state index contributed by atoms with van der Waals surface area (Å²) in [5.41, 5.74) is 1.54. The van der Waals surface area contributed by atoms with Crippen molar-refractivity contribution in [2.45, 2.75) is 19.4 Å². The number of hydrogen-bond donors (Lipinski definition) is 0. The minimum atomic E-state index is -0.332. The Morgan fingerprint density at radius 3 is 2.85 bits per heavy atom. The number of nitrogens with zero attached hydrogens (tertiary/aromatic N) is 6. The van der Waals surface area contributed by atoms with Gasteiger partial charge in [-0.15, -0.1) is 5.10 Å². The third-order valence-corrected chi connectivity index (χ3v) is 4.59. The second-order valence-corrected chi connectivity index (χ2v) is 6.42. The van der Waals surface area contributed by atoms with Crippen LogP contribution >= 0.6 is 0 Å². The molecular formula is C18H20N6O3. The van der Waals surface area contributed by atoms with Gasteiger partial charge in [0.1, 0.15) is 11.9 Å². The summed E-state index contributed by atoms with van der Waals surface area (Å²) < 4.78 is 13.0. The Labute approximate surface area is 155 Å². The Kier molecular flexibility index (Phi) is 4.68. The van der Waals surface area contributed by atoms with Gasteiger partial charge in [0.05, 0.1) is 25.3 Å². The van der Waals surface area contributed by atoms with E-state index in [9.17, 15) is 4.79 Å². The van der Waals surface area contributed by atoms with E-state index in [0.29, 0.717) is 42.9 Å². The van der Waals surface area contributed by atoms with Crippen molar-refractivity contribution in [3.8, 4) is 11.5 Å². The summed E-state index contributed by atoms with van der Waals surface area (Å²) in [7, 11) is 1.75. The standard InChI is InChI=1S/C18H20N6O3/c1-12-14(19-18(27-12)13-6-4-3-5-7-13)10-16(25)24-8-9-26-15(11-24)17-20-21-22-23(17)2/h3-7,15H,8-11H2,1-2H3. The number of hydrogen-bond acceptors (Lipinski definition) is 7. The lowest BCUT2D eigenvalue weighted by Crippen LogP contribution is -2.43. The number of tetrazole rings is 1. The Hall–Kier alpha value is -3.07. The third-order valence-electron chi connectivity index (χ3n) is 4.59. The van der Waals surface area contributed by atoms with E-state index in [1.54, 1.807) is 16.6 Å². The van der Waals surface area contributed by atoms with Gasteiger partial charge in [0.25, 0.3) is 0 Å². The lowest BCUT2D eigenvalue weighted by Gasteiger charge is -2.32. The summed E-state index contributed by atoms with van der Waals surface area (Å²) in [6, 6.07) is 9.64. The summed E-state index contributed by atoms with van der Waals surface area (Å²) in [5.74, 6) is 1.77. The minimum Gasteiger partial charge on any atom is -0.441 e. The fourth-order valence-corrected chi connectivity index (χ4v) is 3.09. The zero-order valence-corrected chi connectivity index (χ0v) is 15.2. The second kappa shape index (κ2) is 7.28. The van der Waals surface area contributed by atoms with E-state index in [-0.39, 0.29) is 18.4 Å². The van der Waals surface area contributed by atoms with Crippen LogP contribution in [0.4, 0.5) is 0 Å². The molecule has 4 rings (SSSR count). The summed E-state index contributed by atoms with van der Waals surface area (Å²) in [5, 5.41) is 11.4. The van der Waals surface area contributed by atoms with E-state index in [2.05, 4.69) is 20.5 Å². The topological polar surface area (TPSA) is 99.2 Å². The molecule has 0 spiro atoms. The number of carbonyl (C=O) groups is 1. The van der Waals surface area contributed by atoms with Gasteiger partial charge < -0.3 is 14.1 Å². The van der Waals surface area contributed by atoms with E-state index in [1.165, 1.54) is 0 Å².